The Morgan fingerprint density at radius 2 is 1.87 bits per heavy atom. The van der Waals surface area contributed by atoms with Gasteiger partial charge in [-0.2, -0.15) is 0 Å². The smallest absolute Gasteiger partial charge is 0.0575 e. The molecule has 1 heterocycles. The van der Waals surface area contributed by atoms with Crippen LogP contribution in [0.1, 0.15) is 45.4 Å². The van der Waals surface area contributed by atoms with Crippen molar-refractivity contribution in [3.63, 3.8) is 0 Å². The van der Waals surface area contributed by atoms with Crippen molar-refractivity contribution in [2.45, 2.75) is 51.6 Å². The van der Waals surface area contributed by atoms with Crippen LogP contribution in [0, 0.1) is 11.8 Å². The normalized spacial score (nSPS) is 37.0. The van der Waals surface area contributed by atoms with Gasteiger partial charge in [0.1, 0.15) is 0 Å². The van der Waals surface area contributed by atoms with Gasteiger partial charge in [0.25, 0.3) is 0 Å². The second-order valence-corrected chi connectivity index (χ2v) is 5.24. The summed E-state index contributed by atoms with van der Waals surface area (Å²) < 4.78 is 6.02. The summed E-state index contributed by atoms with van der Waals surface area (Å²) in [5.41, 5.74) is 0. The maximum absolute atomic E-state index is 6.02. The van der Waals surface area contributed by atoms with Crippen molar-refractivity contribution >= 4 is 0 Å². The van der Waals surface area contributed by atoms with Crippen molar-refractivity contribution in [2.24, 2.45) is 11.8 Å². The molecule has 1 saturated heterocycles. The summed E-state index contributed by atoms with van der Waals surface area (Å²) in [4.78, 5) is 0. The summed E-state index contributed by atoms with van der Waals surface area (Å²) in [5.74, 6) is 1.77. The summed E-state index contributed by atoms with van der Waals surface area (Å²) in [6.07, 6.45) is 8.64. The first-order chi connectivity index (χ1) is 7.38. The molecule has 2 fully saturated rings. The van der Waals surface area contributed by atoms with Crippen molar-refractivity contribution < 1.29 is 4.74 Å². The topological polar surface area (TPSA) is 21.3 Å². The van der Waals surface area contributed by atoms with E-state index in [2.05, 4.69) is 12.2 Å². The monoisotopic (exact) mass is 211 g/mol. The van der Waals surface area contributed by atoms with Gasteiger partial charge in [-0.15, -0.1) is 0 Å². The van der Waals surface area contributed by atoms with E-state index in [0.29, 0.717) is 6.10 Å². The van der Waals surface area contributed by atoms with E-state index < -0.39 is 0 Å². The van der Waals surface area contributed by atoms with Crippen LogP contribution in [0.3, 0.4) is 0 Å². The molecule has 2 nitrogen and oxygen atoms in total. The number of rotatable bonds is 4. The van der Waals surface area contributed by atoms with Gasteiger partial charge in [0.05, 0.1) is 12.7 Å². The van der Waals surface area contributed by atoms with E-state index in [1.165, 1.54) is 51.6 Å². The van der Waals surface area contributed by atoms with E-state index >= 15 is 0 Å². The molecule has 1 N–H and O–H groups in total. The first-order valence-electron chi connectivity index (χ1n) is 6.70. The zero-order valence-corrected chi connectivity index (χ0v) is 10.0. The number of ether oxygens (including phenoxy) is 1. The van der Waals surface area contributed by atoms with E-state index in [1.807, 2.05) is 0 Å². The zero-order chi connectivity index (χ0) is 10.5. The minimum Gasteiger partial charge on any atom is -0.378 e. The molecule has 88 valence electrons. The van der Waals surface area contributed by atoms with Crippen LogP contribution in [0.2, 0.25) is 0 Å². The highest BCUT2D eigenvalue weighted by Gasteiger charge is 2.22. The van der Waals surface area contributed by atoms with E-state index in [1.54, 1.807) is 0 Å². The highest BCUT2D eigenvalue weighted by atomic mass is 16.5. The highest BCUT2D eigenvalue weighted by Crippen LogP contribution is 2.28. The molecule has 1 atom stereocenters. The molecule has 1 saturated carbocycles. The van der Waals surface area contributed by atoms with Gasteiger partial charge >= 0.3 is 0 Å². The van der Waals surface area contributed by atoms with Crippen molar-refractivity contribution in [3.8, 4) is 0 Å². The Kier molecular flexibility index (Phi) is 4.45. The molecule has 1 unspecified atom stereocenters. The van der Waals surface area contributed by atoms with Gasteiger partial charge in [-0.25, -0.2) is 0 Å². The van der Waals surface area contributed by atoms with E-state index in [-0.39, 0.29) is 0 Å². The largest absolute Gasteiger partial charge is 0.378 e. The van der Waals surface area contributed by atoms with Gasteiger partial charge in [0, 0.05) is 6.54 Å². The lowest BCUT2D eigenvalue weighted by atomic mass is 9.86. The fourth-order valence-corrected chi connectivity index (χ4v) is 2.84. The summed E-state index contributed by atoms with van der Waals surface area (Å²) in [6.45, 7) is 5.67. The molecule has 15 heavy (non-hydrogen) atoms. The number of nitrogens with one attached hydrogen (secondary N) is 1. The first-order valence-corrected chi connectivity index (χ1v) is 6.70. The molecule has 2 rings (SSSR count). The summed E-state index contributed by atoms with van der Waals surface area (Å²) in [6, 6.07) is 0. The number of hydrogen-bond donors (Lipinski definition) is 1. The lowest BCUT2D eigenvalue weighted by Crippen LogP contribution is -2.24. The maximum atomic E-state index is 6.02. The summed E-state index contributed by atoms with van der Waals surface area (Å²) in [7, 11) is 0. The second kappa shape index (κ2) is 5.86. The van der Waals surface area contributed by atoms with Gasteiger partial charge in [-0.1, -0.05) is 13.3 Å². The summed E-state index contributed by atoms with van der Waals surface area (Å²) in [5, 5.41) is 3.40. The van der Waals surface area contributed by atoms with Crippen molar-refractivity contribution in [1.29, 1.82) is 0 Å². The van der Waals surface area contributed by atoms with Gasteiger partial charge in [-0.3, -0.25) is 0 Å². The van der Waals surface area contributed by atoms with Crippen molar-refractivity contribution in [1.82, 2.24) is 5.32 Å². The molecule has 2 aliphatic rings. The highest BCUT2D eigenvalue weighted by molar-refractivity contribution is 4.74. The first kappa shape index (κ1) is 11.4. The van der Waals surface area contributed by atoms with Crippen LogP contribution >= 0.6 is 0 Å². The lowest BCUT2D eigenvalue weighted by Gasteiger charge is -2.28. The minimum atomic E-state index is 0.577. The molecular weight excluding hydrogens is 186 g/mol. The molecule has 0 spiro atoms. The lowest BCUT2D eigenvalue weighted by molar-refractivity contribution is 0.00192. The van der Waals surface area contributed by atoms with Gasteiger partial charge in [0.2, 0.25) is 0 Å². The molecular formula is C13H25NO. The van der Waals surface area contributed by atoms with Gasteiger partial charge in [0.15, 0.2) is 0 Å². The molecule has 0 aromatic heterocycles. The molecule has 2 heteroatoms. The Hall–Kier alpha value is -0.0800. The van der Waals surface area contributed by atoms with Crippen LogP contribution in [-0.2, 0) is 4.74 Å². The third-order valence-corrected chi connectivity index (χ3v) is 4.10. The van der Waals surface area contributed by atoms with Crippen LogP contribution in [0.15, 0.2) is 0 Å². The van der Waals surface area contributed by atoms with Gasteiger partial charge in [-0.05, 0) is 50.5 Å². The molecule has 1 aliphatic heterocycles. The van der Waals surface area contributed by atoms with Crippen LogP contribution in [0.5, 0.6) is 0 Å². The Morgan fingerprint density at radius 3 is 2.47 bits per heavy atom. The predicted molar refractivity (Wildman–Crippen MR) is 63.0 cm³/mol. The third-order valence-electron chi connectivity index (χ3n) is 4.10. The molecule has 0 aromatic carbocycles. The molecule has 1 aliphatic carbocycles. The van der Waals surface area contributed by atoms with Crippen LogP contribution in [0.4, 0.5) is 0 Å². The van der Waals surface area contributed by atoms with E-state index in [9.17, 15) is 0 Å². The maximum Gasteiger partial charge on any atom is 0.0575 e. The second-order valence-electron chi connectivity index (χ2n) is 5.24. The SMILES string of the molecule is CCC1CCC(OCC2CCNC2)CC1. The fraction of sp³-hybridized carbons (Fsp3) is 1.00. The fourth-order valence-electron chi connectivity index (χ4n) is 2.84. The summed E-state index contributed by atoms with van der Waals surface area (Å²) >= 11 is 0. The standard InChI is InChI=1S/C13H25NO/c1-2-11-3-5-13(6-4-11)15-10-12-7-8-14-9-12/h11-14H,2-10H2,1H3. The van der Waals surface area contributed by atoms with Crippen molar-refractivity contribution in [2.75, 3.05) is 19.7 Å². The Morgan fingerprint density at radius 1 is 1.07 bits per heavy atom. The Balaban J connectivity index is 1.59. The molecule has 0 radical (unpaired) electrons. The van der Waals surface area contributed by atoms with Crippen molar-refractivity contribution in [3.05, 3.63) is 0 Å². The average Bonchev–Trinajstić information content (AvgIpc) is 2.80. The molecule has 0 aromatic rings. The zero-order valence-electron chi connectivity index (χ0n) is 10.0. The molecule has 0 amide bonds. The van der Waals surface area contributed by atoms with Crippen LogP contribution in [-0.4, -0.2) is 25.8 Å². The Bertz CT molecular complexity index is 169. The quantitative estimate of drug-likeness (QED) is 0.771. The van der Waals surface area contributed by atoms with E-state index in [0.717, 1.165) is 18.4 Å². The average molecular weight is 211 g/mol. The Labute approximate surface area is 93.8 Å². The van der Waals surface area contributed by atoms with E-state index in [4.69, 9.17) is 4.74 Å². The van der Waals surface area contributed by atoms with Crippen LogP contribution < -0.4 is 5.32 Å². The predicted octanol–water partition coefficient (Wildman–Crippen LogP) is 2.58. The van der Waals surface area contributed by atoms with Gasteiger partial charge < -0.3 is 10.1 Å². The minimum absolute atomic E-state index is 0.577. The molecule has 0 bridgehead atoms. The van der Waals surface area contributed by atoms with Crippen LogP contribution in [0.25, 0.3) is 0 Å². The third kappa shape index (κ3) is 3.46. The number of hydrogen-bond acceptors (Lipinski definition) is 2.